The number of carbonyl (C=O) groups excluding carboxylic acids is 1. The van der Waals surface area contributed by atoms with Crippen LogP contribution in [-0.2, 0) is 4.74 Å². The minimum Gasteiger partial charge on any atom is -0.496 e. The topological polar surface area (TPSA) is 66.7 Å². The number of hydrogen-bond acceptors (Lipinski definition) is 6. The fourth-order valence-electron chi connectivity index (χ4n) is 2.52. The van der Waals surface area contributed by atoms with E-state index >= 15 is 0 Å². The SMILES string of the molecule is CN=C(S/N=C/N1CCN(C(=O)OCC(C)C)CC1)c1ccccc1OC. The first-order valence-corrected chi connectivity index (χ1v) is 9.79. The molecule has 148 valence electrons. The van der Waals surface area contributed by atoms with E-state index in [-0.39, 0.29) is 6.09 Å². The smallest absolute Gasteiger partial charge is 0.409 e. The first-order valence-electron chi connectivity index (χ1n) is 9.01. The van der Waals surface area contributed by atoms with Crippen LogP contribution in [0, 0.1) is 5.92 Å². The van der Waals surface area contributed by atoms with Gasteiger partial charge in [0.2, 0.25) is 0 Å². The van der Waals surface area contributed by atoms with Crippen molar-refractivity contribution in [1.82, 2.24) is 9.80 Å². The Kier molecular flexibility index (Phi) is 8.44. The van der Waals surface area contributed by atoms with Crippen molar-refractivity contribution >= 4 is 29.4 Å². The third-order valence-corrected chi connectivity index (χ3v) is 4.78. The molecule has 0 aromatic heterocycles. The Bertz CT molecular complexity index is 671. The fraction of sp³-hybridized carbons (Fsp3) is 0.526. The van der Waals surface area contributed by atoms with Crippen molar-refractivity contribution in [2.75, 3.05) is 46.9 Å². The van der Waals surface area contributed by atoms with Crippen LogP contribution in [0.5, 0.6) is 5.75 Å². The number of ether oxygens (including phenoxy) is 2. The lowest BCUT2D eigenvalue weighted by Crippen LogP contribution is -2.48. The Morgan fingerprint density at radius 2 is 1.96 bits per heavy atom. The molecule has 1 aliphatic rings. The molecule has 0 unspecified atom stereocenters. The number of hydrogen-bond donors (Lipinski definition) is 0. The summed E-state index contributed by atoms with van der Waals surface area (Å²) in [7, 11) is 3.39. The molecular weight excluding hydrogens is 364 g/mol. The number of aliphatic imine (C=N–C) groups is 1. The van der Waals surface area contributed by atoms with E-state index < -0.39 is 0 Å². The Morgan fingerprint density at radius 3 is 2.59 bits per heavy atom. The molecule has 1 heterocycles. The zero-order chi connectivity index (χ0) is 19.6. The van der Waals surface area contributed by atoms with Crippen LogP contribution in [-0.4, -0.2) is 74.2 Å². The standard InChI is InChI=1S/C19H28N4O3S/c1-15(2)13-26-19(24)23-11-9-22(10-12-23)14-21-27-18(20-3)16-7-5-6-8-17(16)25-4/h5-8,14-15H,9-13H2,1-4H3/b20-18?,21-14+. The highest BCUT2D eigenvalue weighted by Crippen LogP contribution is 2.24. The first-order chi connectivity index (χ1) is 13.0. The molecule has 7 nitrogen and oxygen atoms in total. The van der Waals surface area contributed by atoms with Crippen molar-refractivity contribution < 1.29 is 14.3 Å². The van der Waals surface area contributed by atoms with Gasteiger partial charge in [-0.15, -0.1) is 0 Å². The summed E-state index contributed by atoms with van der Waals surface area (Å²) < 4.78 is 15.1. The summed E-state index contributed by atoms with van der Waals surface area (Å²) in [6, 6.07) is 7.74. The van der Waals surface area contributed by atoms with E-state index in [0.717, 1.165) is 29.4 Å². The molecule has 1 aromatic carbocycles. The lowest BCUT2D eigenvalue weighted by atomic mass is 10.2. The van der Waals surface area contributed by atoms with Crippen molar-refractivity contribution in [3.8, 4) is 5.75 Å². The van der Waals surface area contributed by atoms with Crippen LogP contribution in [0.1, 0.15) is 19.4 Å². The molecule has 8 heteroatoms. The maximum absolute atomic E-state index is 12.0. The van der Waals surface area contributed by atoms with Gasteiger partial charge in [0.15, 0.2) is 0 Å². The molecule has 0 bridgehead atoms. The summed E-state index contributed by atoms with van der Waals surface area (Å²) in [5.74, 6) is 1.12. The van der Waals surface area contributed by atoms with Crippen LogP contribution in [0.2, 0.25) is 0 Å². The summed E-state index contributed by atoms with van der Waals surface area (Å²) in [6.45, 7) is 7.24. The van der Waals surface area contributed by atoms with Crippen molar-refractivity contribution in [3.05, 3.63) is 29.8 Å². The molecule has 0 atom stereocenters. The van der Waals surface area contributed by atoms with Gasteiger partial charge in [-0.05, 0) is 18.1 Å². The van der Waals surface area contributed by atoms with E-state index in [4.69, 9.17) is 9.47 Å². The van der Waals surface area contributed by atoms with Gasteiger partial charge >= 0.3 is 6.09 Å². The van der Waals surface area contributed by atoms with Gasteiger partial charge in [-0.2, -0.15) is 0 Å². The summed E-state index contributed by atoms with van der Waals surface area (Å²) >= 11 is 1.31. The molecule has 0 aliphatic carbocycles. The Morgan fingerprint density at radius 1 is 1.26 bits per heavy atom. The highest BCUT2D eigenvalue weighted by molar-refractivity contribution is 8.13. The number of methoxy groups -OCH3 is 1. The predicted octanol–water partition coefficient (Wildman–Crippen LogP) is 3.16. The molecule has 0 N–H and O–H groups in total. The Labute approximate surface area is 165 Å². The van der Waals surface area contributed by atoms with Crippen LogP contribution < -0.4 is 4.74 Å². The maximum atomic E-state index is 12.0. The number of benzene rings is 1. The molecule has 0 spiro atoms. The monoisotopic (exact) mass is 392 g/mol. The van der Waals surface area contributed by atoms with Gasteiger partial charge in [0.25, 0.3) is 0 Å². The Balaban J connectivity index is 1.83. The van der Waals surface area contributed by atoms with Gasteiger partial charge in [-0.3, -0.25) is 4.99 Å². The van der Waals surface area contributed by atoms with Gasteiger partial charge < -0.3 is 19.3 Å². The van der Waals surface area contributed by atoms with E-state index in [1.54, 1.807) is 19.1 Å². The van der Waals surface area contributed by atoms with Crippen molar-refractivity contribution in [2.24, 2.45) is 15.3 Å². The number of piperazine rings is 1. The average molecular weight is 393 g/mol. The third-order valence-electron chi connectivity index (χ3n) is 4.00. The molecule has 1 amide bonds. The van der Waals surface area contributed by atoms with Crippen LogP contribution in [0.15, 0.2) is 33.7 Å². The highest BCUT2D eigenvalue weighted by atomic mass is 32.2. The second-order valence-electron chi connectivity index (χ2n) is 6.53. The minimum atomic E-state index is -0.230. The zero-order valence-electron chi connectivity index (χ0n) is 16.4. The number of nitrogens with zero attached hydrogens (tertiary/aromatic N) is 4. The molecular formula is C19H28N4O3S. The molecule has 0 radical (unpaired) electrons. The summed E-state index contributed by atoms with van der Waals surface area (Å²) in [4.78, 5) is 20.1. The van der Waals surface area contributed by atoms with E-state index in [9.17, 15) is 4.79 Å². The minimum absolute atomic E-state index is 0.230. The molecule has 0 saturated carbocycles. The second-order valence-corrected chi connectivity index (χ2v) is 7.32. The van der Waals surface area contributed by atoms with E-state index in [2.05, 4.69) is 14.3 Å². The zero-order valence-corrected chi connectivity index (χ0v) is 17.2. The molecule has 27 heavy (non-hydrogen) atoms. The molecule has 1 fully saturated rings. The van der Waals surface area contributed by atoms with Crippen molar-refractivity contribution in [1.29, 1.82) is 0 Å². The van der Waals surface area contributed by atoms with Crippen LogP contribution in [0.3, 0.4) is 0 Å². The quantitative estimate of drug-likeness (QED) is 0.423. The first kappa shape index (κ1) is 21.1. The predicted molar refractivity (Wildman–Crippen MR) is 111 cm³/mol. The van der Waals surface area contributed by atoms with Crippen LogP contribution >= 0.6 is 11.9 Å². The summed E-state index contributed by atoms with van der Waals surface area (Å²) in [5, 5.41) is 0.791. The lowest BCUT2D eigenvalue weighted by Gasteiger charge is -2.32. The van der Waals surface area contributed by atoms with Crippen molar-refractivity contribution in [2.45, 2.75) is 13.8 Å². The number of amides is 1. The molecule has 2 rings (SSSR count). The number of para-hydroxylation sites is 1. The second kappa shape index (κ2) is 10.8. The van der Waals surface area contributed by atoms with Crippen LogP contribution in [0.25, 0.3) is 0 Å². The maximum Gasteiger partial charge on any atom is 0.409 e. The molecule has 1 aromatic rings. The lowest BCUT2D eigenvalue weighted by molar-refractivity contribution is 0.0798. The Hall–Kier alpha value is -2.22. The summed E-state index contributed by atoms with van der Waals surface area (Å²) in [5.41, 5.74) is 0.919. The normalized spacial score (nSPS) is 15.5. The average Bonchev–Trinajstić information content (AvgIpc) is 2.70. The van der Waals surface area contributed by atoms with Gasteiger partial charge in [0.05, 0.1) is 25.6 Å². The third kappa shape index (κ3) is 6.46. The number of rotatable bonds is 6. The number of carbonyl (C=O) groups is 1. The van der Waals surface area contributed by atoms with Gasteiger partial charge in [-0.1, -0.05) is 26.0 Å². The van der Waals surface area contributed by atoms with Gasteiger partial charge in [0, 0.05) is 45.2 Å². The largest absolute Gasteiger partial charge is 0.496 e. The van der Waals surface area contributed by atoms with Crippen LogP contribution in [0.4, 0.5) is 4.79 Å². The van der Waals surface area contributed by atoms with E-state index in [0.29, 0.717) is 25.6 Å². The van der Waals surface area contributed by atoms with Crippen molar-refractivity contribution in [3.63, 3.8) is 0 Å². The molecule has 1 aliphatic heterocycles. The van der Waals surface area contributed by atoms with E-state index in [1.165, 1.54) is 11.9 Å². The highest BCUT2D eigenvalue weighted by Gasteiger charge is 2.21. The van der Waals surface area contributed by atoms with Gasteiger partial charge in [-0.25, -0.2) is 9.19 Å². The fourth-order valence-corrected chi connectivity index (χ4v) is 3.15. The molecule has 1 saturated heterocycles. The summed E-state index contributed by atoms with van der Waals surface area (Å²) in [6.07, 6.45) is 1.58. The van der Waals surface area contributed by atoms with E-state index in [1.807, 2.05) is 44.5 Å². The van der Waals surface area contributed by atoms with Gasteiger partial charge in [0.1, 0.15) is 10.8 Å².